The van der Waals surface area contributed by atoms with Gasteiger partial charge in [0.1, 0.15) is 10.9 Å². The molecule has 3 nitrogen and oxygen atoms in total. The van der Waals surface area contributed by atoms with Crippen molar-refractivity contribution in [2.75, 3.05) is 0 Å². The van der Waals surface area contributed by atoms with E-state index in [2.05, 4.69) is 37.0 Å². The lowest BCUT2D eigenvalue weighted by atomic mass is 10.2. The van der Waals surface area contributed by atoms with Crippen molar-refractivity contribution in [3.8, 4) is 0 Å². The number of nitrogens with two attached hydrogens (primary N) is 1. The molecule has 4 heteroatoms. The largest absolute Gasteiger partial charge is 0.384 e. The molecule has 0 aliphatic carbocycles. The second-order valence-corrected chi connectivity index (χ2v) is 5.68. The number of hydrogen-bond acceptors (Lipinski definition) is 3. The summed E-state index contributed by atoms with van der Waals surface area (Å²) >= 11 is 1.61. The van der Waals surface area contributed by atoms with Crippen molar-refractivity contribution < 1.29 is 0 Å². The molecule has 0 saturated heterocycles. The molecule has 19 heavy (non-hydrogen) atoms. The summed E-state index contributed by atoms with van der Waals surface area (Å²) in [4.78, 5) is 5.68. The van der Waals surface area contributed by atoms with E-state index in [1.165, 1.54) is 16.0 Å². The first-order valence-electron chi connectivity index (χ1n) is 6.04. The first-order valence-corrected chi connectivity index (χ1v) is 6.85. The molecule has 0 fully saturated rings. The standard InChI is InChI=1S/C15H17N3S/c1-9-4-5-10(2)13(6-9)19-14-8-12(15(16)17)7-11(3)18-14/h4-8H,1-3H3,(H3,16,17). The topological polar surface area (TPSA) is 62.8 Å². The lowest BCUT2D eigenvalue weighted by molar-refractivity contribution is 1.05. The molecule has 2 rings (SSSR count). The van der Waals surface area contributed by atoms with Crippen LogP contribution in [-0.4, -0.2) is 10.8 Å². The van der Waals surface area contributed by atoms with Gasteiger partial charge in [-0.3, -0.25) is 5.41 Å². The summed E-state index contributed by atoms with van der Waals surface area (Å²) in [5, 5.41) is 8.40. The Kier molecular flexibility index (Phi) is 3.90. The average Bonchev–Trinajstić information content (AvgIpc) is 2.33. The fraction of sp³-hybridized carbons (Fsp3) is 0.200. The Hall–Kier alpha value is -1.81. The summed E-state index contributed by atoms with van der Waals surface area (Å²) in [7, 11) is 0. The lowest BCUT2D eigenvalue weighted by Crippen LogP contribution is -2.11. The van der Waals surface area contributed by atoms with E-state index in [0.29, 0.717) is 0 Å². The van der Waals surface area contributed by atoms with Crippen LogP contribution in [0, 0.1) is 26.2 Å². The second kappa shape index (κ2) is 5.45. The Morgan fingerprint density at radius 3 is 2.58 bits per heavy atom. The van der Waals surface area contributed by atoms with Gasteiger partial charge in [-0.05, 0) is 50.1 Å². The first kappa shape index (κ1) is 13.6. The molecule has 0 radical (unpaired) electrons. The molecule has 2 aromatic rings. The first-order chi connectivity index (χ1) is 8.95. The summed E-state index contributed by atoms with van der Waals surface area (Å²) in [6.07, 6.45) is 0. The van der Waals surface area contributed by atoms with Gasteiger partial charge in [-0.15, -0.1) is 0 Å². The Balaban J connectivity index is 2.38. The van der Waals surface area contributed by atoms with E-state index in [1.807, 2.05) is 19.1 Å². The maximum absolute atomic E-state index is 7.53. The maximum atomic E-state index is 7.53. The van der Waals surface area contributed by atoms with Gasteiger partial charge in [0.25, 0.3) is 0 Å². The molecule has 1 aromatic carbocycles. The predicted octanol–water partition coefficient (Wildman–Crippen LogP) is 3.44. The molecular formula is C15H17N3S. The molecule has 1 aromatic heterocycles. The van der Waals surface area contributed by atoms with E-state index in [9.17, 15) is 0 Å². The SMILES string of the molecule is Cc1ccc(C)c(Sc2cc(C(=N)N)cc(C)n2)c1. The van der Waals surface area contributed by atoms with Gasteiger partial charge in [0, 0.05) is 16.2 Å². The number of aromatic nitrogens is 1. The maximum Gasteiger partial charge on any atom is 0.122 e. The number of nitrogens with one attached hydrogen (secondary N) is 1. The molecule has 0 atom stereocenters. The number of benzene rings is 1. The van der Waals surface area contributed by atoms with Crippen LogP contribution in [0.1, 0.15) is 22.4 Å². The van der Waals surface area contributed by atoms with Crippen LogP contribution in [0.5, 0.6) is 0 Å². The quantitative estimate of drug-likeness (QED) is 0.664. The van der Waals surface area contributed by atoms with E-state index < -0.39 is 0 Å². The lowest BCUT2D eigenvalue weighted by Gasteiger charge is -2.08. The van der Waals surface area contributed by atoms with Crippen LogP contribution in [0.25, 0.3) is 0 Å². The molecule has 0 bridgehead atoms. The van der Waals surface area contributed by atoms with Crippen molar-refractivity contribution in [1.29, 1.82) is 5.41 Å². The highest BCUT2D eigenvalue weighted by Gasteiger charge is 2.06. The van der Waals surface area contributed by atoms with Crippen LogP contribution in [-0.2, 0) is 0 Å². The molecule has 0 amide bonds. The Bertz CT molecular complexity index is 635. The van der Waals surface area contributed by atoms with Crippen LogP contribution in [0.2, 0.25) is 0 Å². The molecule has 3 N–H and O–H groups in total. The third kappa shape index (κ3) is 3.35. The van der Waals surface area contributed by atoms with Crippen molar-refractivity contribution in [2.24, 2.45) is 5.73 Å². The van der Waals surface area contributed by atoms with E-state index in [4.69, 9.17) is 11.1 Å². The van der Waals surface area contributed by atoms with Gasteiger partial charge in [-0.2, -0.15) is 0 Å². The smallest absolute Gasteiger partial charge is 0.122 e. The number of hydrogen-bond donors (Lipinski definition) is 2. The van der Waals surface area contributed by atoms with Crippen LogP contribution >= 0.6 is 11.8 Å². The highest BCUT2D eigenvalue weighted by atomic mass is 32.2. The van der Waals surface area contributed by atoms with Crippen molar-refractivity contribution in [2.45, 2.75) is 30.7 Å². The summed E-state index contributed by atoms with van der Waals surface area (Å²) in [6, 6.07) is 10.1. The van der Waals surface area contributed by atoms with E-state index >= 15 is 0 Å². The van der Waals surface area contributed by atoms with Crippen molar-refractivity contribution in [1.82, 2.24) is 4.98 Å². The summed E-state index contributed by atoms with van der Waals surface area (Å²) in [5.41, 5.74) is 9.60. The summed E-state index contributed by atoms with van der Waals surface area (Å²) < 4.78 is 0. The van der Waals surface area contributed by atoms with Crippen molar-refractivity contribution >= 4 is 17.6 Å². The predicted molar refractivity (Wildman–Crippen MR) is 80.0 cm³/mol. The molecular weight excluding hydrogens is 254 g/mol. The molecule has 0 spiro atoms. The highest BCUT2D eigenvalue weighted by molar-refractivity contribution is 7.99. The number of pyridine rings is 1. The third-order valence-corrected chi connectivity index (χ3v) is 3.88. The van der Waals surface area contributed by atoms with Gasteiger partial charge in [0.15, 0.2) is 0 Å². The number of rotatable bonds is 3. The summed E-state index contributed by atoms with van der Waals surface area (Å²) in [5.74, 6) is 0.0771. The van der Waals surface area contributed by atoms with Gasteiger partial charge in [-0.1, -0.05) is 23.9 Å². The third-order valence-electron chi connectivity index (χ3n) is 2.80. The van der Waals surface area contributed by atoms with Gasteiger partial charge in [0.2, 0.25) is 0 Å². The van der Waals surface area contributed by atoms with Crippen molar-refractivity contribution in [3.63, 3.8) is 0 Å². The van der Waals surface area contributed by atoms with Gasteiger partial charge < -0.3 is 5.73 Å². The average molecular weight is 271 g/mol. The molecule has 98 valence electrons. The van der Waals surface area contributed by atoms with Crippen molar-refractivity contribution in [3.05, 3.63) is 52.7 Å². The Morgan fingerprint density at radius 1 is 1.16 bits per heavy atom. The Labute approximate surface area is 117 Å². The molecule has 0 aliphatic heterocycles. The fourth-order valence-corrected chi connectivity index (χ4v) is 2.85. The zero-order valence-corrected chi connectivity index (χ0v) is 12.1. The number of amidine groups is 1. The highest BCUT2D eigenvalue weighted by Crippen LogP contribution is 2.30. The Morgan fingerprint density at radius 2 is 1.89 bits per heavy atom. The van der Waals surface area contributed by atoms with E-state index in [-0.39, 0.29) is 5.84 Å². The number of nitrogen functional groups attached to an aromatic ring is 1. The minimum atomic E-state index is 0.0771. The van der Waals surface area contributed by atoms with Gasteiger partial charge in [0.05, 0.1) is 0 Å². The molecule has 0 saturated carbocycles. The van der Waals surface area contributed by atoms with Gasteiger partial charge >= 0.3 is 0 Å². The van der Waals surface area contributed by atoms with E-state index in [0.717, 1.165) is 16.3 Å². The minimum Gasteiger partial charge on any atom is -0.384 e. The van der Waals surface area contributed by atoms with Crippen LogP contribution in [0.4, 0.5) is 0 Å². The minimum absolute atomic E-state index is 0.0771. The molecule has 0 aliphatic rings. The van der Waals surface area contributed by atoms with Gasteiger partial charge in [-0.25, -0.2) is 4.98 Å². The van der Waals surface area contributed by atoms with Crippen LogP contribution in [0.3, 0.4) is 0 Å². The molecule has 0 unspecified atom stereocenters. The number of nitrogens with zero attached hydrogens (tertiary/aromatic N) is 1. The van der Waals surface area contributed by atoms with E-state index in [1.54, 1.807) is 11.8 Å². The normalized spacial score (nSPS) is 10.5. The fourth-order valence-electron chi connectivity index (χ4n) is 1.78. The molecule has 1 heterocycles. The monoisotopic (exact) mass is 271 g/mol. The summed E-state index contributed by atoms with van der Waals surface area (Å²) in [6.45, 7) is 6.08. The number of aryl methyl sites for hydroxylation is 3. The zero-order chi connectivity index (χ0) is 14.0. The second-order valence-electron chi connectivity index (χ2n) is 4.62. The van der Waals surface area contributed by atoms with Crippen LogP contribution < -0.4 is 5.73 Å². The van der Waals surface area contributed by atoms with Crippen LogP contribution in [0.15, 0.2) is 40.3 Å². The zero-order valence-electron chi connectivity index (χ0n) is 11.3.